The topological polar surface area (TPSA) is 63.5 Å². The van der Waals surface area contributed by atoms with Gasteiger partial charge in [-0.15, -0.1) is 5.10 Å². The molecule has 7 nitrogen and oxygen atoms in total. The second kappa shape index (κ2) is 5.75. The summed E-state index contributed by atoms with van der Waals surface area (Å²) in [6.45, 7) is 2.99. The van der Waals surface area contributed by atoms with E-state index in [0.717, 1.165) is 18.8 Å². The van der Waals surface area contributed by atoms with Crippen LogP contribution >= 0.6 is 0 Å². The van der Waals surface area contributed by atoms with Crippen LogP contribution in [0.1, 0.15) is 10.4 Å². The van der Waals surface area contributed by atoms with Gasteiger partial charge in [0.1, 0.15) is 0 Å². The summed E-state index contributed by atoms with van der Waals surface area (Å²) in [4.78, 5) is 17.2. The van der Waals surface area contributed by atoms with E-state index < -0.39 is 0 Å². The quantitative estimate of drug-likeness (QED) is 0.804. The van der Waals surface area contributed by atoms with E-state index in [9.17, 15) is 4.79 Å². The van der Waals surface area contributed by atoms with E-state index in [0.29, 0.717) is 18.7 Å². The number of likely N-dealkylation sites (N-methyl/N-ethyl adjacent to an activating group) is 1. The first-order valence-electron chi connectivity index (χ1n) is 7.81. The number of rotatable bonds is 2. The van der Waals surface area contributed by atoms with E-state index in [1.165, 1.54) is 0 Å². The zero-order valence-electron chi connectivity index (χ0n) is 13.0. The van der Waals surface area contributed by atoms with Crippen LogP contribution in [0.4, 0.5) is 0 Å². The van der Waals surface area contributed by atoms with Gasteiger partial charge in [-0.3, -0.25) is 9.69 Å². The summed E-state index contributed by atoms with van der Waals surface area (Å²) in [5.74, 6) is 0.0162. The van der Waals surface area contributed by atoms with Crippen LogP contribution in [0.3, 0.4) is 0 Å². The molecule has 1 amide bonds. The predicted molar refractivity (Wildman–Crippen MR) is 83.4 cm³/mol. The Kier molecular flexibility index (Phi) is 3.59. The summed E-state index contributed by atoms with van der Waals surface area (Å²) >= 11 is 0. The predicted octanol–water partition coefficient (Wildman–Crippen LogP) is 0.422. The van der Waals surface area contributed by atoms with Gasteiger partial charge >= 0.3 is 0 Å². The molecule has 2 aliphatic rings. The Morgan fingerprint density at radius 1 is 1.30 bits per heavy atom. The van der Waals surface area contributed by atoms with Gasteiger partial charge in [0.25, 0.3) is 5.91 Å². The van der Waals surface area contributed by atoms with E-state index in [1.54, 1.807) is 17.1 Å². The Bertz CT molecular complexity index is 702. The summed E-state index contributed by atoms with van der Waals surface area (Å²) in [5, 5.41) is 7.83. The van der Waals surface area contributed by atoms with Crippen LogP contribution in [0.15, 0.2) is 36.7 Å². The fourth-order valence-electron chi connectivity index (χ4n) is 3.38. The van der Waals surface area contributed by atoms with Gasteiger partial charge in [0.2, 0.25) is 0 Å². The molecule has 0 spiro atoms. The normalized spacial score (nSPS) is 24.7. The second-order valence-electron chi connectivity index (χ2n) is 6.03. The molecule has 1 aromatic heterocycles. The number of aromatic nitrogens is 3. The summed E-state index contributed by atoms with van der Waals surface area (Å²) in [7, 11) is 2.09. The molecule has 0 N–H and O–H groups in total. The third-order valence-electron chi connectivity index (χ3n) is 4.67. The van der Waals surface area contributed by atoms with Crippen LogP contribution in [-0.2, 0) is 4.74 Å². The Hall–Kier alpha value is -2.25. The summed E-state index contributed by atoms with van der Waals surface area (Å²) in [6.07, 6.45) is 3.46. The van der Waals surface area contributed by atoms with Crippen molar-refractivity contribution in [2.24, 2.45) is 0 Å². The van der Waals surface area contributed by atoms with Gasteiger partial charge in [-0.05, 0) is 19.2 Å². The van der Waals surface area contributed by atoms with Crippen molar-refractivity contribution < 1.29 is 9.53 Å². The van der Waals surface area contributed by atoms with Gasteiger partial charge in [-0.2, -0.15) is 0 Å². The molecule has 23 heavy (non-hydrogen) atoms. The molecule has 120 valence electrons. The number of morpholine rings is 1. The number of benzene rings is 1. The number of para-hydroxylation sites is 1. The van der Waals surface area contributed by atoms with Gasteiger partial charge in [0, 0.05) is 19.6 Å². The minimum absolute atomic E-state index is 0.0162. The van der Waals surface area contributed by atoms with Crippen molar-refractivity contribution in [3.63, 3.8) is 0 Å². The van der Waals surface area contributed by atoms with Crippen LogP contribution in [0.2, 0.25) is 0 Å². The highest BCUT2D eigenvalue weighted by molar-refractivity contribution is 5.98. The minimum Gasteiger partial charge on any atom is -0.373 e. The lowest BCUT2D eigenvalue weighted by Gasteiger charge is -2.33. The van der Waals surface area contributed by atoms with Crippen LogP contribution in [0.25, 0.3) is 5.69 Å². The summed E-state index contributed by atoms with van der Waals surface area (Å²) < 4.78 is 7.45. The molecule has 0 saturated carbocycles. The van der Waals surface area contributed by atoms with Gasteiger partial charge in [0.05, 0.1) is 42.4 Å². The summed E-state index contributed by atoms with van der Waals surface area (Å²) in [6, 6.07) is 7.78. The van der Waals surface area contributed by atoms with Crippen molar-refractivity contribution in [2.75, 3.05) is 33.3 Å². The van der Waals surface area contributed by atoms with Crippen LogP contribution in [-0.4, -0.2) is 76.1 Å². The first-order valence-corrected chi connectivity index (χ1v) is 7.81. The maximum absolute atomic E-state index is 13.0. The second-order valence-corrected chi connectivity index (χ2v) is 6.03. The van der Waals surface area contributed by atoms with Crippen molar-refractivity contribution in [3.8, 4) is 5.69 Å². The van der Waals surface area contributed by atoms with Gasteiger partial charge < -0.3 is 9.64 Å². The van der Waals surface area contributed by atoms with E-state index in [-0.39, 0.29) is 18.1 Å². The molecule has 7 heteroatoms. The van der Waals surface area contributed by atoms with E-state index in [2.05, 4.69) is 22.3 Å². The van der Waals surface area contributed by atoms with E-state index >= 15 is 0 Å². The lowest BCUT2D eigenvalue weighted by atomic mass is 10.1. The number of hydrogen-bond donors (Lipinski definition) is 0. The number of ether oxygens (including phenoxy) is 1. The molecule has 3 heterocycles. The Labute approximate surface area is 134 Å². The number of carbonyl (C=O) groups excluding carboxylic acids is 1. The number of amides is 1. The molecular formula is C16H19N5O2. The monoisotopic (exact) mass is 313 g/mol. The lowest BCUT2D eigenvalue weighted by molar-refractivity contribution is -0.0368. The average molecular weight is 313 g/mol. The molecule has 0 bridgehead atoms. The highest BCUT2D eigenvalue weighted by atomic mass is 16.5. The maximum atomic E-state index is 13.0. The molecule has 0 radical (unpaired) electrons. The van der Waals surface area contributed by atoms with Gasteiger partial charge in [-0.25, -0.2) is 4.68 Å². The molecule has 2 aliphatic heterocycles. The van der Waals surface area contributed by atoms with Crippen molar-refractivity contribution in [1.29, 1.82) is 0 Å². The van der Waals surface area contributed by atoms with Crippen LogP contribution < -0.4 is 0 Å². The van der Waals surface area contributed by atoms with Crippen molar-refractivity contribution in [1.82, 2.24) is 24.8 Å². The SMILES string of the molecule is CN1CCO[C@@H]2CN(C(=O)c3ccccc3-n3ccnn3)C[C@@H]21. The van der Waals surface area contributed by atoms with Crippen molar-refractivity contribution in [2.45, 2.75) is 12.1 Å². The fraction of sp³-hybridized carbons (Fsp3) is 0.438. The van der Waals surface area contributed by atoms with Crippen LogP contribution in [0.5, 0.6) is 0 Å². The van der Waals surface area contributed by atoms with Gasteiger partial charge in [-0.1, -0.05) is 17.3 Å². The first kappa shape index (κ1) is 14.3. The molecule has 2 saturated heterocycles. The Balaban J connectivity index is 1.61. The molecular weight excluding hydrogens is 294 g/mol. The third-order valence-corrected chi connectivity index (χ3v) is 4.67. The maximum Gasteiger partial charge on any atom is 0.256 e. The molecule has 1 aromatic carbocycles. The average Bonchev–Trinajstić information content (AvgIpc) is 3.24. The number of fused-ring (bicyclic) bond motifs is 1. The fourth-order valence-corrected chi connectivity index (χ4v) is 3.38. The van der Waals surface area contributed by atoms with Crippen molar-refractivity contribution >= 4 is 5.91 Å². The minimum atomic E-state index is 0.0162. The summed E-state index contributed by atoms with van der Waals surface area (Å²) in [5.41, 5.74) is 1.39. The molecule has 2 atom stereocenters. The first-order chi connectivity index (χ1) is 11.2. The number of hydrogen-bond acceptors (Lipinski definition) is 5. The molecule has 0 aliphatic carbocycles. The Morgan fingerprint density at radius 3 is 2.96 bits per heavy atom. The number of carbonyl (C=O) groups is 1. The van der Waals surface area contributed by atoms with Crippen molar-refractivity contribution in [3.05, 3.63) is 42.2 Å². The zero-order valence-corrected chi connectivity index (χ0v) is 13.0. The Morgan fingerprint density at radius 2 is 2.17 bits per heavy atom. The lowest BCUT2D eigenvalue weighted by Crippen LogP contribution is -2.48. The highest BCUT2D eigenvalue weighted by Gasteiger charge is 2.40. The largest absolute Gasteiger partial charge is 0.373 e. The molecule has 0 unspecified atom stereocenters. The van der Waals surface area contributed by atoms with E-state index in [1.807, 2.05) is 29.2 Å². The third kappa shape index (κ3) is 2.51. The smallest absolute Gasteiger partial charge is 0.256 e. The molecule has 2 fully saturated rings. The molecule has 2 aromatic rings. The zero-order chi connectivity index (χ0) is 15.8. The standard InChI is InChI=1S/C16H19N5O2/c1-19-8-9-23-15-11-20(10-14(15)19)16(22)12-4-2-3-5-13(12)21-7-6-17-18-21/h2-7,14-15H,8-11H2,1H3/t14-,15+/m0/s1. The molecule has 4 rings (SSSR count). The van der Waals surface area contributed by atoms with Gasteiger partial charge in [0.15, 0.2) is 0 Å². The van der Waals surface area contributed by atoms with E-state index in [4.69, 9.17) is 4.74 Å². The number of nitrogens with zero attached hydrogens (tertiary/aromatic N) is 5. The highest BCUT2D eigenvalue weighted by Crippen LogP contribution is 2.24. The van der Waals surface area contributed by atoms with Crippen LogP contribution in [0, 0.1) is 0 Å². The number of likely N-dealkylation sites (tertiary alicyclic amines) is 1.